The van der Waals surface area contributed by atoms with E-state index >= 15 is 0 Å². The second-order valence-electron chi connectivity index (χ2n) is 5.54. The molecule has 0 aliphatic carbocycles. The minimum atomic E-state index is -4.02. The van der Waals surface area contributed by atoms with Crippen molar-refractivity contribution in [3.05, 3.63) is 64.3 Å². The number of nitrogens with two attached hydrogens (primary N) is 1. The number of nitrogens with zero attached hydrogens (tertiary/aromatic N) is 1. The number of amides is 1. The summed E-state index contributed by atoms with van der Waals surface area (Å²) >= 11 is 11.9. The van der Waals surface area contributed by atoms with Gasteiger partial charge in [0.15, 0.2) is 0 Å². The molecule has 1 amide bonds. The molecule has 0 saturated carbocycles. The van der Waals surface area contributed by atoms with Crippen molar-refractivity contribution in [2.45, 2.75) is 11.3 Å². The van der Waals surface area contributed by atoms with E-state index in [0.717, 1.165) is 0 Å². The van der Waals surface area contributed by atoms with Gasteiger partial charge in [-0.15, -0.1) is 0 Å². The standard InChI is InChI=1S/C17H13Cl2N3O3S/c18-13-4-2-1-3-10(13)7-17(23)21-11-8-14-12(5-6-16(19)22-14)15(9-11)26(20,24)25/h1-6,8-9H,7H2,(H,21,23)(H2,20,24,25). The second kappa shape index (κ2) is 7.20. The molecule has 134 valence electrons. The molecule has 0 radical (unpaired) electrons. The first-order chi connectivity index (χ1) is 12.2. The van der Waals surface area contributed by atoms with E-state index in [-0.39, 0.29) is 28.1 Å². The fourth-order valence-electron chi connectivity index (χ4n) is 2.50. The summed E-state index contributed by atoms with van der Waals surface area (Å²) in [6.07, 6.45) is 0.0331. The van der Waals surface area contributed by atoms with Crippen molar-refractivity contribution < 1.29 is 13.2 Å². The fourth-order valence-corrected chi connectivity index (χ4v) is 3.63. The first-order valence-electron chi connectivity index (χ1n) is 7.40. The Bertz CT molecular complexity index is 1120. The molecule has 0 fully saturated rings. The van der Waals surface area contributed by atoms with Crippen LogP contribution in [0.5, 0.6) is 0 Å². The van der Waals surface area contributed by atoms with E-state index in [1.165, 1.54) is 24.3 Å². The summed E-state index contributed by atoms with van der Waals surface area (Å²) < 4.78 is 23.8. The van der Waals surface area contributed by atoms with Crippen LogP contribution in [0.25, 0.3) is 10.9 Å². The molecule has 26 heavy (non-hydrogen) atoms. The van der Waals surface area contributed by atoms with E-state index < -0.39 is 10.0 Å². The molecule has 3 N–H and O–H groups in total. The summed E-state index contributed by atoms with van der Waals surface area (Å²) in [5.41, 5.74) is 1.20. The lowest BCUT2D eigenvalue weighted by Gasteiger charge is -2.10. The molecule has 0 atom stereocenters. The summed E-state index contributed by atoms with van der Waals surface area (Å²) in [6, 6.07) is 12.8. The fraction of sp³-hybridized carbons (Fsp3) is 0.0588. The number of sulfonamides is 1. The third-order valence-corrected chi connectivity index (χ3v) is 5.16. The normalized spacial score (nSPS) is 11.5. The zero-order chi connectivity index (χ0) is 18.9. The molecule has 1 aromatic heterocycles. The van der Waals surface area contributed by atoms with Crippen molar-refractivity contribution in [3.63, 3.8) is 0 Å². The molecule has 2 aromatic carbocycles. The summed E-state index contributed by atoms with van der Waals surface area (Å²) in [4.78, 5) is 16.2. The van der Waals surface area contributed by atoms with Gasteiger partial charge < -0.3 is 5.32 Å². The van der Waals surface area contributed by atoms with Gasteiger partial charge in [-0.25, -0.2) is 18.5 Å². The maximum atomic E-state index is 12.3. The van der Waals surface area contributed by atoms with Crippen LogP contribution in [0.2, 0.25) is 10.2 Å². The molecule has 1 heterocycles. The van der Waals surface area contributed by atoms with Crippen LogP contribution in [0.4, 0.5) is 5.69 Å². The highest BCUT2D eigenvalue weighted by Gasteiger charge is 2.16. The number of aromatic nitrogens is 1. The predicted octanol–water partition coefficient (Wildman–Crippen LogP) is 3.37. The van der Waals surface area contributed by atoms with Gasteiger partial charge in [-0.05, 0) is 35.9 Å². The number of halogens is 2. The molecule has 3 rings (SSSR count). The molecule has 0 saturated heterocycles. The third-order valence-electron chi connectivity index (χ3n) is 3.63. The van der Waals surface area contributed by atoms with E-state index in [1.807, 2.05) is 0 Å². The predicted molar refractivity (Wildman–Crippen MR) is 102 cm³/mol. The van der Waals surface area contributed by atoms with Crippen LogP contribution in [0.3, 0.4) is 0 Å². The Labute approximate surface area is 160 Å². The Hall–Kier alpha value is -2.19. The number of pyridine rings is 1. The van der Waals surface area contributed by atoms with E-state index in [4.69, 9.17) is 28.3 Å². The van der Waals surface area contributed by atoms with Crippen molar-refractivity contribution in [1.29, 1.82) is 0 Å². The van der Waals surface area contributed by atoms with Crippen LogP contribution in [0.15, 0.2) is 53.4 Å². The second-order valence-corrected chi connectivity index (χ2v) is 7.86. The average molecular weight is 410 g/mol. The molecule has 0 bridgehead atoms. The first kappa shape index (κ1) is 18.6. The number of primary sulfonamides is 1. The summed E-state index contributed by atoms with van der Waals surface area (Å²) in [7, 11) is -4.02. The molecule has 0 aliphatic rings. The van der Waals surface area contributed by atoms with Crippen LogP contribution in [0.1, 0.15) is 5.56 Å². The highest BCUT2D eigenvalue weighted by Crippen LogP contribution is 2.27. The van der Waals surface area contributed by atoms with Crippen molar-refractivity contribution >= 4 is 55.7 Å². The Morgan fingerprint density at radius 3 is 2.54 bits per heavy atom. The minimum absolute atomic E-state index is 0.0331. The van der Waals surface area contributed by atoms with Gasteiger partial charge in [0.25, 0.3) is 0 Å². The molecule has 9 heteroatoms. The minimum Gasteiger partial charge on any atom is -0.326 e. The summed E-state index contributed by atoms with van der Waals surface area (Å²) in [5.74, 6) is -0.361. The molecular weight excluding hydrogens is 397 g/mol. The topological polar surface area (TPSA) is 102 Å². The number of anilines is 1. The van der Waals surface area contributed by atoms with Crippen molar-refractivity contribution in [2.75, 3.05) is 5.32 Å². The Balaban J connectivity index is 1.97. The number of carbonyl (C=O) groups excluding carboxylic acids is 1. The van der Waals surface area contributed by atoms with Crippen LogP contribution < -0.4 is 10.5 Å². The number of carbonyl (C=O) groups is 1. The van der Waals surface area contributed by atoms with Gasteiger partial charge >= 0.3 is 0 Å². The van der Waals surface area contributed by atoms with Gasteiger partial charge in [0.1, 0.15) is 5.15 Å². The van der Waals surface area contributed by atoms with Gasteiger partial charge in [0, 0.05) is 16.1 Å². The van der Waals surface area contributed by atoms with Crippen LogP contribution in [-0.4, -0.2) is 19.3 Å². The van der Waals surface area contributed by atoms with Crippen molar-refractivity contribution in [1.82, 2.24) is 4.98 Å². The van der Waals surface area contributed by atoms with Gasteiger partial charge in [-0.3, -0.25) is 4.79 Å². The average Bonchev–Trinajstić information content (AvgIpc) is 2.55. The number of hydrogen-bond acceptors (Lipinski definition) is 4. The van der Waals surface area contributed by atoms with E-state index in [9.17, 15) is 13.2 Å². The molecule has 0 unspecified atom stereocenters. The number of hydrogen-bond donors (Lipinski definition) is 2. The summed E-state index contributed by atoms with van der Waals surface area (Å²) in [5, 5.41) is 8.91. The first-order valence-corrected chi connectivity index (χ1v) is 9.70. The SMILES string of the molecule is NS(=O)(=O)c1cc(NC(=O)Cc2ccccc2Cl)cc2nc(Cl)ccc12. The highest BCUT2D eigenvalue weighted by atomic mass is 35.5. The Morgan fingerprint density at radius 1 is 1.12 bits per heavy atom. The molecule has 6 nitrogen and oxygen atoms in total. The van der Waals surface area contributed by atoms with Gasteiger partial charge in [0.05, 0.1) is 16.8 Å². The van der Waals surface area contributed by atoms with Gasteiger partial charge in [-0.2, -0.15) is 0 Å². The summed E-state index contributed by atoms with van der Waals surface area (Å²) in [6.45, 7) is 0. The van der Waals surface area contributed by atoms with Gasteiger partial charge in [-0.1, -0.05) is 41.4 Å². The van der Waals surface area contributed by atoms with Crippen LogP contribution in [-0.2, 0) is 21.2 Å². The Morgan fingerprint density at radius 2 is 1.85 bits per heavy atom. The van der Waals surface area contributed by atoms with E-state index in [0.29, 0.717) is 21.5 Å². The lowest BCUT2D eigenvalue weighted by atomic mass is 10.1. The number of benzene rings is 2. The monoisotopic (exact) mass is 409 g/mol. The number of rotatable bonds is 4. The van der Waals surface area contributed by atoms with E-state index in [2.05, 4.69) is 10.3 Å². The molecular formula is C17H13Cl2N3O3S. The lowest BCUT2D eigenvalue weighted by Crippen LogP contribution is -2.17. The quantitative estimate of drug-likeness (QED) is 0.644. The maximum Gasteiger partial charge on any atom is 0.238 e. The zero-order valence-corrected chi connectivity index (χ0v) is 15.6. The van der Waals surface area contributed by atoms with Crippen LogP contribution in [0, 0.1) is 0 Å². The Kier molecular flexibility index (Phi) is 5.15. The maximum absolute atomic E-state index is 12.3. The lowest BCUT2D eigenvalue weighted by molar-refractivity contribution is -0.115. The molecule has 0 aliphatic heterocycles. The van der Waals surface area contributed by atoms with E-state index in [1.54, 1.807) is 24.3 Å². The molecule has 0 spiro atoms. The zero-order valence-electron chi connectivity index (χ0n) is 13.2. The molecule has 3 aromatic rings. The largest absolute Gasteiger partial charge is 0.326 e. The van der Waals surface area contributed by atoms with Gasteiger partial charge in [0.2, 0.25) is 15.9 Å². The number of nitrogens with one attached hydrogen (secondary N) is 1. The van der Waals surface area contributed by atoms with Crippen LogP contribution >= 0.6 is 23.2 Å². The number of fused-ring (bicyclic) bond motifs is 1. The van der Waals surface area contributed by atoms with Crippen molar-refractivity contribution in [2.24, 2.45) is 5.14 Å². The highest BCUT2D eigenvalue weighted by molar-refractivity contribution is 7.89. The third kappa shape index (κ3) is 4.13. The smallest absolute Gasteiger partial charge is 0.238 e. The van der Waals surface area contributed by atoms with Crippen molar-refractivity contribution in [3.8, 4) is 0 Å².